The summed E-state index contributed by atoms with van der Waals surface area (Å²) in [6, 6.07) is 70.1. The van der Waals surface area contributed by atoms with E-state index in [9.17, 15) is 38.4 Å². The van der Waals surface area contributed by atoms with Gasteiger partial charge in [0.25, 0.3) is 0 Å². The van der Waals surface area contributed by atoms with Crippen molar-refractivity contribution in [3.63, 3.8) is 0 Å². The molecule has 0 aliphatic carbocycles. The SMILES string of the molecule is CCn1c2ccccc2c2cc3c(cc21)C(=O)CCS3.O=C1CCOc2cc3c(cc21)SCCC3=O.O=C1CCSc2cc3c(cc21)OCO3.O=C1CCSc2cc3c(cc21)sc1ccccc13.O=C1CCSc2cc3c(cc21)sc1ccccc13.O=C1CCSc2cc3ccccc3cc21.O=C1CCSc2ccc3ccccc3c21. The largest absolute Gasteiger partial charge is 0.492 e. The predicted molar refractivity (Wildman–Crippen MR) is 483 cm³/mol. The average Bonchev–Trinajstić information content (AvgIpc) is 1.58. The van der Waals surface area contributed by atoms with Gasteiger partial charge in [0.05, 0.1) is 12.2 Å². The molecule has 3 aromatic heterocycles. The molecule has 9 aliphatic rings. The number of hydrogen-bond donors (Lipinski definition) is 0. The first-order valence-electron chi connectivity index (χ1n) is 38.7. The van der Waals surface area contributed by atoms with Gasteiger partial charge in [0, 0.05) is 234 Å². The van der Waals surface area contributed by atoms with Crippen LogP contribution in [-0.4, -0.2) is 105 Å². The maximum absolute atomic E-state index is 12.1. The number of hydrogen-bond acceptors (Lipinski definition) is 20. The summed E-state index contributed by atoms with van der Waals surface area (Å²) in [7, 11) is 0. The predicted octanol–water partition coefficient (Wildman–Crippen LogP) is 25.4. The maximum Gasteiger partial charge on any atom is 0.231 e. The van der Waals surface area contributed by atoms with E-state index in [-0.39, 0.29) is 35.7 Å². The summed E-state index contributed by atoms with van der Waals surface area (Å²) in [6.45, 7) is 3.76. The molecule has 15 aromatic rings. The molecular formula is C95H73NO11S9. The first-order chi connectivity index (χ1) is 56.7. The number of carbonyl (C=O) groups is 8. The Morgan fingerprint density at radius 3 is 1.22 bits per heavy atom. The topological polar surface area (TPSA) is 169 Å². The second kappa shape index (κ2) is 34.3. The standard InChI is InChI=1S/C17H15NOS.2C15H10OS2.2C13H10OS.C12H10O3S.C10H8O3S/c1-2-18-14-6-4-3-5-11(14)12-10-17-13(9-15(12)18)16(19)7-8-20-17;2*16-12-5-6-17-14-7-10-9-3-1-2-4-13(9)18-15(10)8-11(12)14;14-12-5-6-15-13-8-10-4-2-1-3-9(10)7-11(12)13;14-11-7-8-15-12-6-5-9-3-1-2-4-10(9)13(11)12;13-9-1-3-15-11-5-8-10(14)2-4-16-12(8)6-7(9)11;11-7-1-2-14-10-4-9-8(3-6(7)10)12-5-13-9/h3-6,9-10H,2,7-8H2,1H3;2*1-4,7-8H,5-6H2;1-4,7-8H,5-6H2;1-6H,7-8H2;5-6H,1-4H2;3-4H,1-2,5H2. The minimum Gasteiger partial charge on any atom is -0.492 e. The van der Waals surface area contributed by atoms with Crippen LogP contribution in [0.4, 0.5) is 0 Å². The highest BCUT2D eigenvalue weighted by Gasteiger charge is 2.29. The summed E-state index contributed by atoms with van der Waals surface area (Å²) in [6.07, 6.45) is 4.99. The van der Waals surface area contributed by atoms with Crippen molar-refractivity contribution in [2.75, 3.05) is 53.7 Å². The minimum atomic E-state index is 0.114. The minimum absolute atomic E-state index is 0.114. The lowest BCUT2D eigenvalue weighted by Gasteiger charge is -2.21. The Morgan fingerprint density at radius 2 is 0.672 bits per heavy atom. The number of ether oxygens (including phenoxy) is 3. The van der Waals surface area contributed by atoms with Gasteiger partial charge in [-0.05, 0) is 126 Å². The molecule has 12 heterocycles. The van der Waals surface area contributed by atoms with Crippen molar-refractivity contribution in [1.29, 1.82) is 0 Å². The Kier molecular flexibility index (Phi) is 23.0. The summed E-state index contributed by atoms with van der Waals surface area (Å²) in [4.78, 5) is 102. The number of fused-ring (bicyclic) bond motifs is 21. The molecule has 21 heteroatoms. The number of aryl methyl sites for hydroxylation is 1. The molecule has 0 atom stereocenters. The third-order valence-electron chi connectivity index (χ3n) is 21.5. The van der Waals surface area contributed by atoms with Crippen LogP contribution in [0.1, 0.15) is 141 Å². The van der Waals surface area contributed by atoms with E-state index in [0.29, 0.717) is 97.9 Å². The van der Waals surface area contributed by atoms with Crippen LogP contribution in [0.15, 0.2) is 241 Å². The van der Waals surface area contributed by atoms with Crippen LogP contribution in [0.2, 0.25) is 0 Å². The van der Waals surface area contributed by atoms with Crippen molar-refractivity contribution < 1.29 is 52.6 Å². The molecule has 0 unspecified atom stereocenters. The molecule has 0 saturated heterocycles. The van der Waals surface area contributed by atoms with Gasteiger partial charge in [0.15, 0.2) is 57.8 Å². The second-order valence-corrected chi connectivity index (χ2v) is 38.7. The van der Waals surface area contributed by atoms with E-state index < -0.39 is 0 Å². The van der Waals surface area contributed by atoms with E-state index in [0.717, 1.165) is 136 Å². The van der Waals surface area contributed by atoms with Crippen LogP contribution in [0.3, 0.4) is 0 Å². The quantitative estimate of drug-likeness (QED) is 0.152. The van der Waals surface area contributed by atoms with Crippen LogP contribution in [0.5, 0.6) is 17.2 Å². The highest BCUT2D eigenvalue weighted by atomic mass is 32.2. The molecule has 0 bridgehead atoms. The highest BCUT2D eigenvalue weighted by Crippen LogP contribution is 2.46. The normalized spacial score (nSPS) is 16.0. The van der Waals surface area contributed by atoms with Crippen LogP contribution in [0.25, 0.3) is 83.7 Å². The zero-order chi connectivity index (χ0) is 79.1. The Morgan fingerprint density at radius 1 is 0.276 bits per heavy atom. The number of Topliss-reactive ketones (excluding diaryl/α,β-unsaturated/α-hetero) is 8. The van der Waals surface area contributed by atoms with Gasteiger partial charge in [-0.15, -0.1) is 105 Å². The molecule has 9 aliphatic heterocycles. The first kappa shape index (κ1) is 77.8. The zero-order valence-electron chi connectivity index (χ0n) is 63.0. The lowest BCUT2D eigenvalue weighted by atomic mass is 10.00. The number of ketones is 8. The van der Waals surface area contributed by atoms with Gasteiger partial charge < -0.3 is 18.8 Å². The summed E-state index contributed by atoms with van der Waals surface area (Å²) >= 11 is 15.9. The van der Waals surface area contributed by atoms with Gasteiger partial charge in [0.2, 0.25) is 6.79 Å². The van der Waals surface area contributed by atoms with Crippen molar-refractivity contribution in [2.24, 2.45) is 0 Å². The van der Waals surface area contributed by atoms with Gasteiger partial charge in [-0.25, -0.2) is 0 Å². The molecular weight excluding hydrogens is 1620 g/mol. The van der Waals surface area contributed by atoms with Crippen LogP contribution >= 0.6 is 105 Å². The van der Waals surface area contributed by atoms with E-state index in [2.05, 4.69) is 157 Å². The third kappa shape index (κ3) is 15.8. The molecule has 0 fully saturated rings. The summed E-state index contributed by atoms with van der Waals surface area (Å²) in [5, 5.41) is 12.4. The second-order valence-electron chi connectivity index (χ2n) is 28.6. The first-order valence-corrected chi connectivity index (χ1v) is 47.2. The maximum atomic E-state index is 12.1. The lowest BCUT2D eigenvalue weighted by molar-refractivity contribution is 0.0925. The molecule has 578 valence electrons. The molecule has 12 nitrogen and oxygen atoms in total. The van der Waals surface area contributed by atoms with Gasteiger partial charge in [-0.1, -0.05) is 109 Å². The van der Waals surface area contributed by atoms with E-state index in [4.69, 9.17) is 14.2 Å². The van der Waals surface area contributed by atoms with Gasteiger partial charge in [-0.3, -0.25) is 38.4 Å². The van der Waals surface area contributed by atoms with Gasteiger partial charge in [0.1, 0.15) is 5.75 Å². The van der Waals surface area contributed by atoms with Crippen molar-refractivity contribution in [3.05, 3.63) is 251 Å². The van der Waals surface area contributed by atoms with E-state index in [1.54, 1.807) is 117 Å². The van der Waals surface area contributed by atoms with Crippen LogP contribution in [-0.2, 0) is 6.54 Å². The summed E-state index contributed by atoms with van der Waals surface area (Å²) in [5.41, 5.74) is 9.16. The molecule has 116 heavy (non-hydrogen) atoms. The van der Waals surface area contributed by atoms with Gasteiger partial charge >= 0.3 is 0 Å². The Bertz CT molecular complexity index is 6420. The van der Waals surface area contributed by atoms with E-state index in [1.807, 2.05) is 48.5 Å². The highest BCUT2D eigenvalue weighted by molar-refractivity contribution is 8.01. The fourth-order valence-corrected chi connectivity index (χ4v) is 25.3. The Balaban J connectivity index is 0.0000000939. The van der Waals surface area contributed by atoms with Crippen molar-refractivity contribution in [1.82, 2.24) is 4.57 Å². The van der Waals surface area contributed by atoms with E-state index >= 15 is 0 Å². The number of aromatic nitrogens is 1. The number of benzene rings is 12. The van der Waals surface area contributed by atoms with E-state index in [1.165, 1.54) is 67.5 Å². The molecule has 0 spiro atoms. The number of rotatable bonds is 1. The lowest BCUT2D eigenvalue weighted by Crippen LogP contribution is -2.17. The molecule has 24 rings (SSSR count). The fourth-order valence-electron chi connectivity index (χ4n) is 15.7. The number of nitrogens with zero attached hydrogens (tertiary/aromatic N) is 1. The zero-order valence-corrected chi connectivity index (χ0v) is 70.3. The Hall–Kier alpha value is -9.39. The third-order valence-corrected chi connectivity index (χ3v) is 31.2. The van der Waals surface area contributed by atoms with Gasteiger partial charge in [-0.2, -0.15) is 0 Å². The van der Waals surface area contributed by atoms with Crippen molar-refractivity contribution in [3.8, 4) is 17.2 Å². The van der Waals surface area contributed by atoms with Crippen LogP contribution < -0.4 is 14.2 Å². The molecule has 12 aromatic carbocycles. The fraction of sp³-hybridized carbons (Fsp3) is 0.200. The molecule has 0 N–H and O–H groups in total. The van der Waals surface area contributed by atoms with Crippen molar-refractivity contribution >= 4 is 235 Å². The summed E-state index contributed by atoms with van der Waals surface area (Å²) < 4.78 is 23.3. The number of para-hydroxylation sites is 1. The molecule has 0 saturated carbocycles. The smallest absolute Gasteiger partial charge is 0.231 e. The molecule has 0 amide bonds. The molecule has 0 radical (unpaired) electrons. The Labute approximate surface area is 706 Å². The van der Waals surface area contributed by atoms with Crippen molar-refractivity contribution in [2.45, 2.75) is 99.1 Å². The summed E-state index contributed by atoms with van der Waals surface area (Å²) in [5.74, 6) is 10.2. The number of carbonyl (C=O) groups excluding carboxylic acids is 8. The number of thioether (sulfide) groups is 7. The number of thiophene rings is 2. The van der Waals surface area contributed by atoms with Crippen LogP contribution in [0, 0.1) is 0 Å². The monoisotopic (exact) mass is 1690 g/mol. The average molecular weight is 1690 g/mol.